The summed E-state index contributed by atoms with van der Waals surface area (Å²) in [5.41, 5.74) is 1.48. The van der Waals surface area contributed by atoms with E-state index in [9.17, 15) is 14.4 Å². The smallest absolute Gasteiger partial charge is 0.313 e. The van der Waals surface area contributed by atoms with Crippen LogP contribution in [0.1, 0.15) is 63.4 Å². The molecule has 0 spiro atoms. The van der Waals surface area contributed by atoms with Crippen LogP contribution in [0.5, 0.6) is 0 Å². The number of aryl methyl sites for hydroxylation is 1. The highest BCUT2D eigenvalue weighted by Crippen LogP contribution is 2.43. The second-order valence-electron chi connectivity index (χ2n) is 8.23. The van der Waals surface area contributed by atoms with Crippen molar-refractivity contribution >= 4 is 23.3 Å². The molecule has 3 aliphatic rings. The quantitative estimate of drug-likeness (QED) is 0.588. The Balaban J connectivity index is 1.46. The second-order valence-corrected chi connectivity index (χ2v) is 8.23. The van der Waals surface area contributed by atoms with Gasteiger partial charge in [-0.25, -0.2) is 0 Å². The summed E-state index contributed by atoms with van der Waals surface area (Å²) in [7, 11) is 0. The summed E-state index contributed by atoms with van der Waals surface area (Å²) in [6, 6.07) is 8.10. The zero-order valence-electron chi connectivity index (χ0n) is 15.7. The molecule has 0 aromatic heterocycles. The van der Waals surface area contributed by atoms with Gasteiger partial charge in [0, 0.05) is 25.1 Å². The van der Waals surface area contributed by atoms with Gasteiger partial charge >= 0.3 is 5.97 Å². The molecule has 0 bridgehead atoms. The molecule has 0 radical (unpaired) electrons. The third kappa shape index (κ3) is 3.78. The van der Waals surface area contributed by atoms with E-state index in [1.54, 1.807) is 0 Å². The normalized spacial score (nSPS) is 26.7. The summed E-state index contributed by atoms with van der Waals surface area (Å²) >= 11 is 0. The first kappa shape index (κ1) is 18.2. The van der Waals surface area contributed by atoms with E-state index in [2.05, 4.69) is 12.1 Å². The monoisotopic (exact) mass is 369 g/mol. The number of cyclic esters (lactones) is 1. The fraction of sp³-hybridized carbons (Fsp3) is 0.591. The lowest BCUT2D eigenvalue weighted by molar-refractivity contribution is -0.178. The molecule has 2 aliphatic heterocycles. The van der Waals surface area contributed by atoms with Crippen LogP contribution in [0.25, 0.3) is 0 Å². The number of Topliss-reactive ketones (excluding diaryl/α,β-unsaturated/α-hetero) is 1. The van der Waals surface area contributed by atoms with E-state index < -0.39 is 5.60 Å². The van der Waals surface area contributed by atoms with Gasteiger partial charge in [-0.3, -0.25) is 14.4 Å². The van der Waals surface area contributed by atoms with E-state index in [1.807, 2.05) is 17.0 Å². The van der Waals surface area contributed by atoms with Gasteiger partial charge in [-0.2, -0.15) is 0 Å². The number of hydrogen-bond donors (Lipinski definition) is 0. The molecule has 1 aromatic rings. The van der Waals surface area contributed by atoms with Crippen LogP contribution in [0.3, 0.4) is 0 Å². The first-order chi connectivity index (χ1) is 13.1. The van der Waals surface area contributed by atoms with Gasteiger partial charge in [0.05, 0.1) is 0 Å². The predicted octanol–water partition coefficient (Wildman–Crippen LogP) is 3.58. The Morgan fingerprint density at radius 1 is 1.04 bits per heavy atom. The largest absolute Gasteiger partial charge is 0.458 e. The van der Waals surface area contributed by atoms with Gasteiger partial charge in [-0.1, -0.05) is 25.0 Å². The van der Waals surface area contributed by atoms with Crippen molar-refractivity contribution in [1.29, 1.82) is 0 Å². The molecule has 4 rings (SSSR count). The van der Waals surface area contributed by atoms with Crippen molar-refractivity contribution in [1.82, 2.24) is 0 Å². The van der Waals surface area contributed by atoms with Gasteiger partial charge < -0.3 is 9.64 Å². The van der Waals surface area contributed by atoms with Crippen LogP contribution in [-0.4, -0.2) is 29.8 Å². The van der Waals surface area contributed by atoms with Gasteiger partial charge in [-0.05, 0) is 55.7 Å². The van der Waals surface area contributed by atoms with Crippen LogP contribution in [0, 0.1) is 5.92 Å². The molecule has 1 atom stereocenters. The summed E-state index contributed by atoms with van der Waals surface area (Å²) in [4.78, 5) is 37.9. The molecule has 1 saturated carbocycles. The van der Waals surface area contributed by atoms with Crippen molar-refractivity contribution in [3.8, 4) is 0 Å². The average molecular weight is 369 g/mol. The summed E-state index contributed by atoms with van der Waals surface area (Å²) in [5.74, 6) is 0.143. The van der Waals surface area contributed by atoms with Crippen LogP contribution in [0.15, 0.2) is 24.3 Å². The molecule has 5 nitrogen and oxygen atoms in total. The number of carbonyl (C=O) groups excluding carboxylic acids is 3. The molecule has 3 fully saturated rings. The van der Waals surface area contributed by atoms with Crippen molar-refractivity contribution in [2.75, 3.05) is 11.4 Å². The maximum Gasteiger partial charge on any atom is 0.313 e. The lowest BCUT2D eigenvalue weighted by Gasteiger charge is -2.41. The maximum atomic E-state index is 12.1. The first-order valence-electron chi connectivity index (χ1n) is 10.2. The molecule has 2 saturated heterocycles. The van der Waals surface area contributed by atoms with E-state index >= 15 is 0 Å². The van der Waals surface area contributed by atoms with E-state index in [0.29, 0.717) is 25.2 Å². The predicted molar refractivity (Wildman–Crippen MR) is 101 cm³/mol. The van der Waals surface area contributed by atoms with E-state index in [-0.39, 0.29) is 24.1 Å². The number of hydrogen-bond acceptors (Lipinski definition) is 4. The summed E-state index contributed by atoms with van der Waals surface area (Å²) in [6.07, 6.45) is 7.68. The van der Waals surface area contributed by atoms with Crippen molar-refractivity contribution in [3.63, 3.8) is 0 Å². The van der Waals surface area contributed by atoms with E-state index in [0.717, 1.165) is 56.3 Å². The highest BCUT2D eigenvalue weighted by molar-refractivity contribution is 5.98. The minimum atomic E-state index is -0.619. The molecule has 5 heteroatoms. The molecular formula is C22H27NO4. The highest BCUT2D eigenvalue weighted by Gasteiger charge is 2.47. The number of ether oxygens (including phenoxy) is 1. The minimum Gasteiger partial charge on any atom is -0.458 e. The van der Waals surface area contributed by atoms with Crippen LogP contribution >= 0.6 is 0 Å². The van der Waals surface area contributed by atoms with Gasteiger partial charge in [0.1, 0.15) is 17.8 Å². The molecule has 27 heavy (non-hydrogen) atoms. The Labute approximate surface area is 160 Å². The molecule has 1 aromatic carbocycles. The fourth-order valence-electron chi connectivity index (χ4n) is 5.00. The third-order valence-electron chi connectivity index (χ3n) is 6.41. The minimum absolute atomic E-state index is 0.0149. The first-order valence-corrected chi connectivity index (χ1v) is 10.2. The number of amides is 1. The number of carbonyl (C=O) groups is 3. The van der Waals surface area contributed by atoms with Crippen LogP contribution < -0.4 is 4.90 Å². The van der Waals surface area contributed by atoms with Crippen LogP contribution in [0.2, 0.25) is 0 Å². The molecule has 144 valence electrons. The zero-order chi connectivity index (χ0) is 18.9. The number of benzene rings is 1. The summed E-state index contributed by atoms with van der Waals surface area (Å²) in [6.45, 7) is 0.793. The molecule has 0 N–H and O–H groups in total. The zero-order valence-corrected chi connectivity index (χ0v) is 15.7. The second kappa shape index (κ2) is 7.45. The third-order valence-corrected chi connectivity index (χ3v) is 6.41. The van der Waals surface area contributed by atoms with E-state index in [4.69, 9.17) is 4.74 Å². The molecule has 2 heterocycles. The van der Waals surface area contributed by atoms with Gasteiger partial charge in [-0.15, -0.1) is 0 Å². The number of esters is 1. The number of anilines is 1. The molecule has 1 unspecified atom stereocenters. The SMILES string of the molecule is O=C1CC(=O)OC(CCc2ccc(N3CCCC3=O)cc2)(C2CCCC2)C1. The lowest BCUT2D eigenvalue weighted by atomic mass is 9.76. The Morgan fingerprint density at radius 3 is 2.41 bits per heavy atom. The summed E-state index contributed by atoms with van der Waals surface area (Å²) in [5, 5.41) is 0. The maximum absolute atomic E-state index is 12.1. The fourth-order valence-corrected chi connectivity index (χ4v) is 5.00. The molecule has 1 aliphatic carbocycles. The van der Waals surface area contributed by atoms with Crippen molar-refractivity contribution < 1.29 is 19.1 Å². The van der Waals surface area contributed by atoms with Crippen LogP contribution in [0.4, 0.5) is 5.69 Å². The van der Waals surface area contributed by atoms with Crippen molar-refractivity contribution in [3.05, 3.63) is 29.8 Å². The van der Waals surface area contributed by atoms with Gasteiger partial charge in [0.25, 0.3) is 0 Å². The number of rotatable bonds is 5. The Kier molecular flexibility index (Phi) is 5.02. The van der Waals surface area contributed by atoms with Crippen LogP contribution in [-0.2, 0) is 25.5 Å². The Bertz CT molecular complexity index is 717. The Morgan fingerprint density at radius 2 is 1.78 bits per heavy atom. The number of nitrogens with zero attached hydrogens (tertiary/aromatic N) is 1. The average Bonchev–Trinajstić information content (AvgIpc) is 3.32. The summed E-state index contributed by atoms with van der Waals surface area (Å²) < 4.78 is 5.86. The van der Waals surface area contributed by atoms with Crippen molar-refractivity contribution in [2.24, 2.45) is 5.92 Å². The van der Waals surface area contributed by atoms with Gasteiger partial charge in [0.2, 0.25) is 5.91 Å². The molecular weight excluding hydrogens is 342 g/mol. The standard InChI is InChI=1S/C22H27NO4/c24-19-14-21(26)27-22(15-19,17-4-1-2-5-17)12-11-16-7-9-18(10-8-16)23-13-3-6-20(23)25/h7-10,17H,1-6,11-15H2. The highest BCUT2D eigenvalue weighted by atomic mass is 16.6. The lowest BCUT2D eigenvalue weighted by Crippen LogP contribution is -2.48. The van der Waals surface area contributed by atoms with Gasteiger partial charge in [0.15, 0.2) is 0 Å². The Hall–Kier alpha value is -2.17. The van der Waals surface area contributed by atoms with Crippen molar-refractivity contribution in [2.45, 2.75) is 69.8 Å². The topological polar surface area (TPSA) is 63.7 Å². The molecule has 1 amide bonds. The number of ketones is 1. The van der Waals surface area contributed by atoms with E-state index in [1.165, 1.54) is 0 Å².